The van der Waals surface area contributed by atoms with Gasteiger partial charge in [-0.05, 0) is 81.1 Å². The SMILES string of the molecule is CCOCCCC(C)CCC1CCC(C[C@@H](C)C(C)c2nccc(-c3cnn(C)c3CC3CC3)n2)CC1. The lowest BCUT2D eigenvalue weighted by molar-refractivity contribution is 0.138. The van der Waals surface area contributed by atoms with Crippen LogP contribution in [0, 0.1) is 29.6 Å². The third-order valence-electron chi connectivity index (χ3n) is 9.38. The predicted molar refractivity (Wildman–Crippen MR) is 152 cm³/mol. The fourth-order valence-electron chi connectivity index (χ4n) is 6.34. The Morgan fingerprint density at radius 1 is 1.00 bits per heavy atom. The quantitative estimate of drug-likeness (QED) is 0.229. The van der Waals surface area contributed by atoms with Gasteiger partial charge in [0.1, 0.15) is 5.82 Å². The summed E-state index contributed by atoms with van der Waals surface area (Å²) in [4.78, 5) is 9.80. The summed E-state index contributed by atoms with van der Waals surface area (Å²) in [7, 11) is 2.06. The Kier molecular flexibility index (Phi) is 10.6. The van der Waals surface area contributed by atoms with Crippen molar-refractivity contribution in [1.82, 2.24) is 19.7 Å². The minimum Gasteiger partial charge on any atom is -0.382 e. The highest BCUT2D eigenvalue weighted by Gasteiger charge is 2.28. The van der Waals surface area contributed by atoms with Crippen LogP contribution in [0.1, 0.15) is 116 Å². The number of hydrogen-bond acceptors (Lipinski definition) is 4. The lowest BCUT2D eigenvalue weighted by Gasteiger charge is -2.32. The highest BCUT2D eigenvalue weighted by atomic mass is 16.5. The van der Waals surface area contributed by atoms with Crippen LogP contribution in [0.15, 0.2) is 18.5 Å². The standard InChI is InChI=1S/C32H52N4O/c1-6-37-19-7-8-23(2)9-10-26-11-13-27(14-12-26)20-24(3)25(4)32-33-18-17-30(35-32)29-22-34-36(5)31(29)21-28-15-16-28/h17-18,22-28H,6-16,19-21H2,1-5H3/t23?,24-,25?,26?,27?/m1/s1. The second-order valence-corrected chi connectivity index (χ2v) is 12.5. The van der Waals surface area contributed by atoms with Gasteiger partial charge in [-0.3, -0.25) is 4.68 Å². The molecule has 0 saturated heterocycles. The van der Waals surface area contributed by atoms with E-state index >= 15 is 0 Å². The molecule has 4 rings (SSSR count). The Morgan fingerprint density at radius 2 is 1.73 bits per heavy atom. The zero-order valence-corrected chi connectivity index (χ0v) is 24.3. The van der Waals surface area contributed by atoms with E-state index in [1.54, 1.807) is 0 Å². The van der Waals surface area contributed by atoms with Crippen LogP contribution >= 0.6 is 0 Å². The second-order valence-electron chi connectivity index (χ2n) is 12.5. The summed E-state index contributed by atoms with van der Waals surface area (Å²) in [6.07, 6.45) is 20.1. The largest absolute Gasteiger partial charge is 0.382 e. The maximum Gasteiger partial charge on any atom is 0.132 e. The van der Waals surface area contributed by atoms with Crippen molar-refractivity contribution in [1.29, 1.82) is 0 Å². The second kappa shape index (κ2) is 13.9. The van der Waals surface area contributed by atoms with Crippen LogP contribution in [-0.2, 0) is 18.2 Å². The molecule has 0 amide bonds. The summed E-state index contributed by atoms with van der Waals surface area (Å²) < 4.78 is 7.54. The van der Waals surface area contributed by atoms with Crippen molar-refractivity contribution >= 4 is 0 Å². The molecule has 2 aromatic rings. The molecule has 2 saturated carbocycles. The molecule has 2 aliphatic rings. The lowest BCUT2D eigenvalue weighted by Crippen LogP contribution is -2.20. The highest BCUT2D eigenvalue weighted by Crippen LogP contribution is 2.39. The van der Waals surface area contributed by atoms with Gasteiger partial charge in [0.2, 0.25) is 0 Å². The van der Waals surface area contributed by atoms with Crippen LogP contribution in [0.2, 0.25) is 0 Å². The van der Waals surface area contributed by atoms with Crippen molar-refractivity contribution in [2.24, 2.45) is 36.6 Å². The molecule has 0 N–H and O–H groups in total. The van der Waals surface area contributed by atoms with Gasteiger partial charge >= 0.3 is 0 Å². The normalized spacial score (nSPS) is 22.6. The fraction of sp³-hybridized carbons (Fsp3) is 0.781. The number of hydrogen-bond donors (Lipinski definition) is 0. The molecule has 2 fully saturated rings. The average Bonchev–Trinajstić information content (AvgIpc) is 3.66. The molecule has 0 aromatic carbocycles. The molecular formula is C32H52N4O. The fourth-order valence-corrected chi connectivity index (χ4v) is 6.34. The minimum absolute atomic E-state index is 0.374. The van der Waals surface area contributed by atoms with Crippen LogP contribution in [0.25, 0.3) is 11.3 Å². The Morgan fingerprint density at radius 3 is 2.46 bits per heavy atom. The summed E-state index contributed by atoms with van der Waals surface area (Å²) in [5.41, 5.74) is 3.56. The zero-order chi connectivity index (χ0) is 26.2. The molecule has 2 aromatic heterocycles. The third kappa shape index (κ3) is 8.37. The van der Waals surface area contributed by atoms with Gasteiger partial charge in [0.05, 0.1) is 11.9 Å². The van der Waals surface area contributed by atoms with E-state index in [2.05, 4.69) is 45.9 Å². The molecule has 206 valence electrons. The molecule has 2 unspecified atom stereocenters. The van der Waals surface area contributed by atoms with Gasteiger partial charge in [0, 0.05) is 43.6 Å². The predicted octanol–water partition coefficient (Wildman–Crippen LogP) is 8.00. The van der Waals surface area contributed by atoms with E-state index in [9.17, 15) is 0 Å². The van der Waals surface area contributed by atoms with Gasteiger partial charge in [-0.2, -0.15) is 5.10 Å². The first-order chi connectivity index (χ1) is 17.9. The van der Waals surface area contributed by atoms with Gasteiger partial charge in [0.15, 0.2) is 0 Å². The summed E-state index contributed by atoms with van der Waals surface area (Å²) in [6.45, 7) is 11.0. The number of rotatable bonds is 15. The smallest absolute Gasteiger partial charge is 0.132 e. The Hall–Kier alpha value is -1.75. The Labute approximate surface area is 226 Å². The molecule has 37 heavy (non-hydrogen) atoms. The number of nitrogens with zero attached hydrogens (tertiary/aromatic N) is 4. The maximum absolute atomic E-state index is 5.50. The van der Waals surface area contributed by atoms with Crippen molar-refractivity contribution in [3.8, 4) is 11.3 Å². The van der Waals surface area contributed by atoms with Crippen LogP contribution < -0.4 is 0 Å². The highest BCUT2D eigenvalue weighted by molar-refractivity contribution is 5.61. The first kappa shape index (κ1) is 28.3. The zero-order valence-electron chi connectivity index (χ0n) is 24.3. The van der Waals surface area contributed by atoms with Crippen molar-refractivity contribution in [3.05, 3.63) is 30.0 Å². The van der Waals surface area contributed by atoms with Crippen LogP contribution in [-0.4, -0.2) is 33.0 Å². The third-order valence-corrected chi connectivity index (χ3v) is 9.38. The minimum atomic E-state index is 0.374. The Bertz CT molecular complexity index is 944. The molecule has 5 nitrogen and oxygen atoms in total. The van der Waals surface area contributed by atoms with E-state index in [1.165, 1.54) is 81.9 Å². The van der Waals surface area contributed by atoms with E-state index in [0.29, 0.717) is 11.8 Å². The molecule has 2 aliphatic carbocycles. The summed E-state index contributed by atoms with van der Waals surface area (Å²) in [5.74, 6) is 5.45. The number of aromatic nitrogens is 4. The first-order valence-corrected chi connectivity index (χ1v) is 15.4. The van der Waals surface area contributed by atoms with Crippen molar-refractivity contribution in [3.63, 3.8) is 0 Å². The molecule has 5 heteroatoms. The molecular weight excluding hydrogens is 456 g/mol. The Balaban J connectivity index is 1.23. The van der Waals surface area contributed by atoms with E-state index in [4.69, 9.17) is 14.7 Å². The van der Waals surface area contributed by atoms with E-state index in [1.807, 2.05) is 17.1 Å². The van der Waals surface area contributed by atoms with Crippen LogP contribution in [0.5, 0.6) is 0 Å². The summed E-state index contributed by atoms with van der Waals surface area (Å²) >= 11 is 0. The number of aryl methyl sites for hydroxylation is 1. The van der Waals surface area contributed by atoms with Crippen molar-refractivity contribution in [2.45, 2.75) is 111 Å². The molecule has 0 spiro atoms. The first-order valence-electron chi connectivity index (χ1n) is 15.4. The topological polar surface area (TPSA) is 52.8 Å². The summed E-state index contributed by atoms with van der Waals surface area (Å²) in [6, 6.07) is 2.06. The molecule has 2 heterocycles. The molecule has 0 radical (unpaired) electrons. The lowest BCUT2D eigenvalue weighted by atomic mass is 9.74. The van der Waals surface area contributed by atoms with E-state index in [0.717, 1.165) is 54.8 Å². The van der Waals surface area contributed by atoms with Gasteiger partial charge in [-0.1, -0.05) is 59.3 Å². The van der Waals surface area contributed by atoms with Gasteiger partial charge in [-0.15, -0.1) is 0 Å². The van der Waals surface area contributed by atoms with Gasteiger partial charge in [-0.25, -0.2) is 9.97 Å². The molecule has 0 bridgehead atoms. The molecule has 3 atom stereocenters. The van der Waals surface area contributed by atoms with Crippen molar-refractivity contribution < 1.29 is 4.74 Å². The average molecular weight is 509 g/mol. The monoisotopic (exact) mass is 508 g/mol. The van der Waals surface area contributed by atoms with Crippen LogP contribution in [0.3, 0.4) is 0 Å². The van der Waals surface area contributed by atoms with Crippen LogP contribution in [0.4, 0.5) is 0 Å². The van der Waals surface area contributed by atoms with E-state index < -0.39 is 0 Å². The summed E-state index contributed by atoms with van der Waals surface area (Å²) in [5, 5.41) is 4.56. The van der Waals surface area contributed by atoms with Gasteiger partial charge < -0.3 is 4.74 Å². The maximum atomic E-state index is 5.50. The molecule has 0 aliphatic heterocycles. The van der Waals surface area contributed by atoms with Gasteiger partial charge in [0.25, 0.3) is 0 Å². The van der Waals surface area contributed by atoms with E-state index in [-0.39, 0.29) is 0 Å². The van der Waals surface area contributed by atoms with Crippen molar-refractivity contribution in [2.75, 3.05) is 13.2 Å². The number of ether oxygens (including phenoxy) is 1.